The lowest BCUT2D eigenvalue weighted by Crippen LogP contribution is -2.13. The summed E-state index contributed by atoms with van der Waals surface area (Å²) < 4.78 is 20.6. The van der Waals surface area contributed by atoms with Crippen molar-refractivity contribution in [3.8, 4) is 23.0 Å². The molecule has 0 radical (unpaired) electrons. The molecule has 0 aliphatic carbocycles. The van der Waals surface area contributed by atoms with Gasteiger partial charge in [0.05, 0.1) is 33.4 Å². The van der Waals surface area contributed by atoms with Crippen molar-refractivity contribution in [1.29, 1.82) is 0 Å². The summed E-state index contributed by atoms with van der Waals surface area (Å²) in [5.41, 5.74) is 0.226. The number of carbonyl (C=O) groups is 1. The Bertz CT molecular complexity index is 811. The van der Waals surface area contributed by atoms with Crippen molar-refractivity contribution < 1.29 is 28.7 Å². The van der Waals surface area contributed by atoms with Gasteiger partial charge in [0.25, 0.3) is 5.91 Å². The van der Waals surface area contributed by atoms with Crippen LogP contribution in [-0.4, -0.2) is 39.3 Å². The first-order valence-corrected chi connectivity index (χ1v) is 7.39. The Morgan fingerprint density at radius 3 is 1.96 bits per heavy atom. The first kappa shape index (κ1) is 18.8. The van der Waals surface area contributed by atoms with Crippen molar-refractivity contribution in [1.82, 2.24) is 0 Å². The largest absolute Gasteiger partial charge is 0.493 e. The molecule has 9 heteroatoms. The summed E-state index contributed by atoms with van der Waals surface area (Å²) in [7, 11) is 5.66. The molecule has 2 aromatic rings. The second kappa shape index (κ2) is 8.06. The number of hydrogen-bond acceptors (Lipinski definition) is 7. The van der Waals surface area contributed by atoms with Gasteiger partial charge >= 0.3 is 5.69 Å². The fourth-order valence-electron chi connectivity index (χ4n) is 2.33. The van der Waals surface area contributed by atoms with E-state index in [-0.39, 0.29) is 22.7 Å². The van der Waals surface area contributed by atoms with Crippen LogP contribution < -0.4 is 24.3 Å². The summed E-state index contributed by atoms with van der Waals surface area (Å²) in [5, 5.41) is 13.7. The van der Waals surface area contributed by atoms with Gasteiger partial charge in [-0.05, 0) is 24.3 Å². The number of rotatable bonds is 7. The maximum absolute atomic E-state index is 12.5. The third-order valence-corrected chi connectivity index (χ3v) is 3.56. The van der Waals surface area contributed by atoms with E-state index in [0.717, 1.165) is 0 Å². The fraction of sp³-hybridized carbons (Fsp3) is 0.235. The molecule has 0 saturated carbocycles. The predicted octanol–water partition coefficient (Wildman–Crippen LogP) is 2.88. The number of amides is 1. The molecular weight excluding hydrogens is 344 g/mol. The molecule has 0 fully saturated rings. The van der Waals surface area contributed by atoms with Gasteiger partial charge < -0.3 is 24.3 Å². The summed E-state index contributed by atoms with van der Waals surface area (Å²) in [6, 6.07) is 7.09. The third kappa shape index (κ3) is 3.77. The standard InChI is InChI=1S/C17H18N2O7/c1-23-13-6-5-11(9-12(13)19(21)22)18-17(20)10-7-14(24-2)16(26-4)15(8-10)25-3/h5-9H,1-4H3,(H,18,20). The molecule has 0 spiro atoms. The summed E-state index contributed by atoms with van der Waals surface area (Å²) >= 11 is 0. The third-order valence-electron chi connectivity index (χ3n) is 3.56. The summed E-state index contributed by atoms with van der Waals surface area (Å²) in [4.78, 5) is 23.0. The van der Waals surface area contributed by atoms with Crippen molar-refractivity contribution in [2.24, 2.45) is 0 Å². The van der Waals surface area contributed by atoms with Gasteiger partial charge in [0.1, 0.15) is 0 Å². The Balaban J connectivity index is 2.36. The van der Waals surface area contributed by atoms with E-state index in [2.05, 4.69) is 5.32 Å². The van der Waals surface area contributed by atoms with Crippen molar-refractivity contribution in [3.05, 3.63) is 46.0 Å². The zero-order chi connectivity index (χ0) is 19.3. The molecule has 0 bridgehead atoms. The van der Waals surface area contributed by atoms with Crippen LogP contribution in [0, 0.1) is 10.1 Å². The monoisotopic (exact) mass is 362 g/mol. The molecule has 138 valence electrons. The number of nitrogens with zero attached hydrogens (tertiary/aromatic N) is 1. The Morgan fingerprint density at radius 1 is 0.923 bits per heavy atom. The van der Waals surface area contributed by atoms with E-state index < -0.39 is 10.8 Å². The maximum Gasteiger partial charge on any atom is 0.312 e. The van der Waals surface area contributed by atoms with Gasteiger partial charge in [-0.1, -0.05) is 0 Å². The van der Waals surface area contributed by atoms with Crippen molar-refractivity contribution in [3.63, 3.8) is 0 Å². The van der Waals surface area contributed by atoms with Gasteiger partial charge in [0.15, 0.2) is 17.2 Å². The zero-order valence-electron chi connectivity index (χ0n) is 14.7. The highest BCUT2D eigenvalue weighted by Gasteiger charge is 2.19. The SMILES string of the molecule is COc1ccc(NC(=O)c2cc(OC)c(OC)c(OC)c2)cc1[N+](=O)[O-]. The van der Waals surface area contributed by atoms with E-state index in [1.54, 1.807) is 0 Å². The molecule has 0 aromatic heterocycles. The van der Waals surface area contributed by atoms with Crippen LogP contribution in [0.1, 0.15) is 10.4 Å². The van der Waals surface area contributed by atoms with Crippen LogP contribution in [0.15, 0.2) is 30.3 Å². The fourth-order valence-corrected chi connectivity index (χ4v) is 2.33. The van der Waals surface area contributed by atoms with E-state index in [9.17, 15) is 14.9 Å². The van der Waals surface area contributed by atoms with E-state index in [0.29, 0.717) is 17.2 Å². The predicted molar refractivity (Wildman–Crippen MR) is 93.7 cm³/mol. The smallest absolute Gasteiger partial charge is 0.312 e. The Kier molecular flexibility index (Phi) is 5.84. The molecule has 0 aliphatic heterocycles. The van der Waals surface area contributed by atoms with Crippen LogP contribution in [0.4, 0.5) is 11.4 Å². The lowest BCUT2D eigenvalue weighted by Gasteiger charge is -2.14. The maximum atomic E-state index is 12.5. The second-order valence-electron chi connectivity index (χ2n) is 5.01. The van der Waals surface area contributed by atoms with Crippen molar-refractivity contribution >= 4 is 17.3 Å². The average Bonchev–Trinajstić information content (AvgIpc) is 2.66. The van der Waals surface area contributed by atoms with Crippen LogP contribution in [0.25, 0.3) is 0 Å². The highest BCUT2D eigenvalue weighted by atomic mass is 16.6. The number of anilines is 1. The first-order chi connectivity index (χ1) is 12.4. The topological polar surface area (TPSA) is 109 Å². The van der Waals surface area contributed by atoms with Crippen LogP contribution in [-0.2, 0) is 0 Å². The van der Waals surface area contributed by atoms with Gasteiger partial charge in [-0.2, -0.15) is 0 Å². The molecule has 0 unspecified atom stereocenters. The van der Waals surface area contributed by atoms with E-state index in [1.165, 1.54) is 58.8 Å². The zero-order valence-corrected chi connectivity index (χ0v) is 14.7. The Labute approximate surface area is 149 Å². The number of benzene rings is 2. The Hall–Kier alpha value is -3.49. The van der Waals surface area contributed by atoms with E-state index >= 15 is 0 Å². The molecule has 0 saturated heterocycles. The average molecular weight is 362 g/mol. The molecular formula is C17H18N2O7. The van der Waals surface area contributed by atoms with Crippen LogP contribution in [0.3, 0.4) is 0 Å². The molecule has 9 nitrogen and oxygen atoms in total. The molecule has 0 atom stereocenters. The number of nitro groups is 1. The van der Waals surface area contributed by atoms with Crippen molar-refractivity contribution in [2.45, 2.75) is 0 Å². The molecule has 1 N–H and O–H groups in total. The first-order valence-electron chi connectivity index (χ1n) is 7.39. The number of nitrogens with one attached hydrogen (secondary N) is 1. The normalized spacial score (nSPS) is 10.0. The number of nitro benzene ring substituents is 1. The number of carbonyl (C=O) groups excluding carboxylic acids is 1. The van der Waals surface area contributed by atoms with Crippen molar-refractivity contribution in [2.75, 3.05) is 33.8 Å². The number of methoxy groups -OCH3 is 4. The van der Waals surface area contributed by atoms with Crippen LogP contribution >= 0.6 is 0 Å². The quantitative estimate of drug-likeness (QED) is 0.596. The van der Waals surface area contributed by atoms with E-state index in [4.69, 9.17) is 18.9 Å². The minimum Gasteiger partial charge on any atom is -0.493 e. The minimum atomic E-state index is -0.589. The summed E-state index contributed by atoms with van der Waals surface area (Å²) in [6.45, 7) is 0. The highest BCUT2D eigenvalue weighted by molar-refractivity contribution is 6.05. The lowest BCUT2D eigenvalue weighted by molar-refractivity contribution is -0.385. The van der Waals surface area contributed by atoms with Gasteiger partial charge in [-0.3, -0.25) is 14.9 Å². The van der Waals surface area contributed by atoms with Gasteiger partial charge in [0, 0.05) is 17.3 Å². The molecule has 2 aromatic carbocycles. The molecule has 0 aliphatic rings. The van der Waals surface area contributed by atoms with Gasteiger partial charge in [0.2, 0.25) is 5.75 Å². The number of ether oxygens (including phenoxy) is 4. The minimum absolute atomic E-state index is 0.0979. The van der Waals surface area contributed by atoms with Crippen LogP contribution in [0.2, 0.25) is 0 Å². The molecule has 1 amide bonds. The second-order valence-corrected chi connectivity index (χ2v) is 5.01. The molecule has 26 heavy (non-hydrogen) atoms. The lowest BCUT2D eigenvalue weighted by atomic mass is 10.1. The Morgan fingerprint density at radius 2 is 1.50 bits per heavy atom. The number of hydrogen-bond donors (Lipinski definition) is 1. The van der Waals surface area contributed by atoms with Gasteiger partial charge in [-0.15, -0.1) is 0 Å². The molecule has 0 heterocycles. The summed E-state index contributed by atoms with van der Waals surface area (Å²) in [5.74, 6) is 0.589. The van der Waals surface area contributed by atoms with E-state index in [1.807, 2.05) is 0 Å². The molecule has 2 rings (SSSR count). The van der Waals surface area contributed by atoms with Gasteiger partial charge in [-0.25, -0.2) is 0 Å². The highest BCUT2D eigenvalue weighted by Crippen LogP contribution is 2.38. The summed E-state index contributed by atoms with van der Waals surface area (Å²) in [6.07, 6.45) is 0. The van der Waals surface area contributed by atoms with Crippen LogP contribution in [0.5, 0.6) is 23.0 Å².